The highest BCUT2D eigenvalue weighted by molar-refractivity contribution is 6.02. The van der Waals surface area contributed by atoms with Crippen LogP contribution in [0.1, 0.15) is 41.7 Å². The standard InChI is InChI=1S/C17H21N3O2/c1-11-6-5-7-13-12(11)10-14(20(13)2)15(21)19-17(16(18)22)8-3-4-9-17/h5-7,10H,3-4,8-9H2,1-2H3,(H2,18,22)(H,19,21). The Labute approximate surface area is 129 Å². The molecule has 0 atom stereocenters. The number of rotatable bonds is 3. The molecule has 1 aromatic carbocycles. The lowest BCUT2D eigenvalue weighted by molar-refractivity contribution is -0.123. The zero-order chi connectivity index (χ0) is 15.9. The molecule has 3 rings (SSSR count). The van der Waals surface area contributed by atoms with Gasteiger partial charge in [-0.2, -0.15) is 0 Å². The SMILES string of the molecule is Cc1cccc2c1cc(C(=O)NC1(C(N)=O)CCCC1)n2C. The number of benzene rings is 1. The number of nitrogens with two attached hydrogens (primary N) is 1. The number of hydrogen-bond acceptors (Lipinski definition) is 2. The summed E-state index contributed by atoms with van der Waals surface area (Å²) in [5, 5.41) is 3.95. The molecule has 3 N–H and O–H groups in total. The van der Waals surface area contributed by atoms with Crippen molar-refractivity contribution in [2.75, 3.05) is 0 Å². The van der Waals surface area contributed by atoms with Crippen molar-refractivity contribution in [1.29, 1.82) is 0 Å². The Hall–Kier alpha value is -2.30. The first kappa shape index (κ1) is 14.6. The average Bonchev–Trinajstić information content (AvgIpc) is 3.06. The molecule has 5 heteroatoms. The first-order valence-corrected chi connectivity index (χ1v) is 7.62. The minimum absolute atomic E-state index is 0.237. The van der Waals surface area contributed by atoms with Gasteiger partial charge in [0.1, 0.15) is 11.2 Å². The molecule has 1 heterocycles. The summed E-state index contributed by atoms with van der Waals surface area (Å²) in [5.74, 6) is -0.674. The van der Waals surface area contributed by atoms with Crippen molar-refractivity contribution >= 4 is 22.7 Å². The van der Waals surface area contributed by atoms with Crippen LogP contribution in [0.2, 0.25) is 0 Å². The number of amides is 2. The van der Waals surface area contributed by atoms with Crippen LogP contribution >= 0.6 is 0 Å². The molecular formula is C17H21N3O2. The Kier molecular flexibility index (Phi) is 3.43. The van der Waals surface area contributed by atoms with Crippen LogP contribution in [0.3, 0.4) is 0 Å². The van der Waals surface area contributed by atoms with Gasteiger partial charge in [-0.05, 0) is 37.5 Å². The minimum Gasteiger partial charge on any atom is -0.368 e. The molecule has 1 saturated carbocycles. The number of carbonyl (C=O) groups excluding carboxylic acids is 2. The van der Waals surface area contributed by atoms with E-state index in [4.69, 9.17) is 5.73 Å². The van der Waals surface area contributed by atoms with E-state index in [1.165, 1.54) is 0 Å². The molecule has 2 amide bonds. The highest BCUT2D eigenvalue weighted by Crippen LogP contribution is 2.30. The molecule has 0 saturated heterocycles. The minimum atomic E-state index is -0.886. The van der Waals surface area contributed by atoms with Gasteiger partial charge in [0.25, 0.3) is 5.91 Å². The summed E-state index contributed by atoms with van der Waals surface area (Å²) in [6.45, 7) is 2.02. The lowest BCUT2D eigenvalue weighted by Crippen LogP contribution is -2.55. The first-order valence-electron chi connectivity index (χ1n) is 7.62. The van der Waals surface area contributed by atoms with Crippen molar-refractivity contribution in [2.24, 2.45) is 12.8 Å². The Morgan fingerprint density at radius 3 is 2.55 bits per heavy atom. The molecule has 1 aromatic heterocycles. The number of fused-ring (bicyclic) bond motifs is 1. The highest BCUT2D eigenvalue weighted by atomic mass is 16.2. The second-order valence-electron chi connectivity index (χ2n) is 6.20. The van der Waals surface area contributed by atoms with E-state index >= 15 is 0 Å². The molecule has 0 radical (unpaired) electrons. The van der Waals surface area contributed by atoms with E-state index in [1.54, 1.807) is 0 Å². The maximum absolute atomic E-state index is 12.7. The Balaban J connectivity index is 1.97. The van der Waals surface area contributed by atoms with Gasteiger partial charge >= 0.3 is 0 Å². The number of nitrogens with zero attached hydrogens (tertiary/aromatic N) is 1. The van der Waals surface area contributed by atoms with Gasteiger partial charge in [0.15, 0.2) is 0 Å². The molecule has 0 bridgehead atoms. The summed E-state index contributed by atoms with van der Waals surface area (Å²) in [6, 6.07) is 7.86. The fourth-order valence-electron chi connectivity index (χ4n) is 3.42. The molecule has 2 aromatic rings. The van der Waals surface area contributed by atoms with Crippen LogP contribution in [0, 0.1) is 6.92 Å². The number of hydrogen-bond donors (Lipinski definition) is 2. The fraction of sp³-hybridized carbons (Fsp3) is 0.412. The first-order chi connectivity index (χ1) is 10.4. The molecule has 0 unspecified atom stereocenters. The zero-order valence-electron chi connectivity index (χ0n) is 13.0. The number of aryl methyl sites for hydroxylation is 2. The smallest absolute Gasteiger partial charge is 0.268 e. The van der Waals surface area contributed by atoms with Crippen LogP contribution in [0.4, 0.5) is 0 Å². The van der Waals surface area contributed by atoms with E-state index in [0.29, 0.717) is 18.5 Å². The second-order valence-corrected chi connectivity index (χ2v) is 6.20. The van der Waals surface area contributed by atoms with Gasteiger partial charge in [0, 0.05) is 18.0 Å². The molecule has 5 nitrogen and oxygen atoms in total. The summed E-state index contributed by atoms with van der Waals surface area (Å²) >= 11 is 0. The van der Waals surface area contributed by atoms with Crippen molar-refractivity contribution in [3.63, 3.8) is 0 Å². The van der Waals surface area contributed by atoms with Gasteiger partial charge in [0.05, 0.1) is 0 Å². The van der Waals surface area contributed by atoms with Crippen molar-refractivity contribution in [1.82, 2.24) is 9.88 Å². The number of carbonyl (C=O) groups is 2. The van der Waals surface area contributed by atoms with Crippen LogP contribution in [-0.4, -0.2) is 21.9 Å². The third kappa shape index (κ3) is 2.17. The van der Waals surface area contributed by atoms with Gasteiger partial charge in [-0.1, -0.05) is 25.0 Å². The number of nitrogens with one attached hydrogen (secondary N) is 1. The van der Waals surface area contributed by atoms with Gasteiger partial charge < -0.3 is 15.6 Å². The summed E-state index contributed by atoms with van der Waals surface area (Å²) in [6.07, 6.45) is 3.07. The Morgan fingerprint density at radius 1 is 1.27 bits per heavy atom. The van der Waals surface area contributed by atoms with Crippen molar-refractivity contribution in [3.05, 3.63) is 35.5 Å². The van der Waals surface area contributed by atoms with Gasteiger partial charge in [-0.3, -0.25) is 9.59 Å². The van der Waals surface area contributed by atoms with E-state index in [9.17, 15) is 9.59 Å². The van der Waals surface area contributed by atoms with Gasteiger partial charge in [-0.25, -0.2) is 0 Å². The lowest BCUT2D eigenvalue weighted by Gasteiger charge is -2.26. The summed E-state index contributed by atoms with van der Waals surface area (Å²) in [5.41, 5.74) is 7.33. The highest BCUT2D eigenvalue weighted by Gasteiger charge is 2.41. The molecule has 0 aliphatic heterocycles. The van der Waals surface area contributed by atoms with Gasteiger partial charge in [-0.15, -0.1) is 0 Å². The largest absolute Gasteiger partial charge is 0.368 e. The lowest BCUT2D eigenvalue weighted by atomic mass is 9.96. The molecule has 22 heavy (non-hydrogen) atoms. The summed E-state index contributed by atoms with van der Waals surface area (Å²) < 4.78 is 1.86. The predicted molar refractivity (Wildman–Crippen MR) is 85.5 cm³/mol. The second kappa shape index (κ2) is 5.16. The quantitative estimate of drug-likeness (QED) is 0.909. The molecular weight excluding hydrogens is 278 g/mol. The van der Waals surface area contributed by atoms with Crippen LogP contribution in [0.5, 0.6) is 0 Å². The van der Waals surface area contributed by atoms with Crippen LogP contribution in [0.25, 0.3) is 10.9 Å². The van der Waals surface area contributed by atoms with Crippen LogP contribution in [-0.2, 0) is 11.8 Å². The summed E-state index contributed by atoms with van der Waals surface area (Å²) in [4.78, 5) is 24.5. The maximum Gasteiger partial charge on any atom is 0.268 e. The summed E-state index contributed by atoms with van der Waals surface area (Å²) in [7, 11) is 1.86. The number of aromatic nitrogens is 1. The van der Waals surface area contributed by atoms with Gasteiger partial charge in [0.2, 0.25) is 5.91 Å². The monoisotopic (exact) mass is 299 g/mol. The third-order valence-electron chi connectivity index (χ3n) is 4.82. The van der Waals surface area contributed by atoms with E-state index in [-0.39, 0.29) is 5.91 Å². The predicted octanol–water partition coefficient (Wildman–Crippen LogP) is 2.01. The van der Waals surface area contributed by atoms with Crippen molar-refractivity contribution in [2.45, 2.75) is 38.1 Å². The number of primary amides is 1. The zero-order valence-corrected chi connectivity index (χ0v) is 13.0. The van der Waals surface area contributed by atoms with E-state index in [1.807, 2.05) is 42.8 Å². The molecule has 1 aliphatic rings. The van der Waals surface area contributed by atoms with E-state index in [0.717, 1.165) is 29.3 Å². The van der Waals surface area contributed by atoms with Crippen LogP contribution in [0.15, 0.2) is 24.3 Å². The third-order valence-corrected chi connectivity index (χ3v) is 4.82. The average molecular weight is 299 g/mol. The van der Waals surface area contributed by atoms with E-state index in [2.05, 4.69) is 5.32 Å². The fourth-order valence-corrected chi connectivity index (χ4v) is 3.42. The Morgan fingerprint density at radius 2 is 1.95 bits per heavy atom. The van der Waals surface area contributed by atoms with E-state index < -0.39 is 11.4 Å². The van der Waals surface area contributed by atoms with Crippen molar-refractivity contribution < 1.29 is 9.59 Å². The maximum atomic E-state index is 12.7. The molecule has 1 fully saturated rings. The van der Waals surface area contributed by atoms with Crippen LogP contribution < -0.4 is 11.1 Å². The molecule has 116 valence electrons. The van der Waals surface area contributed by atoms with Crippen molar-refractivity contribution in [3.8, 4) is 0 Å². The topological polar surface area (TPSA) is 77.1 Å². The molecule has 0 spiro atoms. The molecule has 1 aliphatic carbocycles. The Bertz CT molecular complexity index is 755. The normalized spacial score (nSPS) is 16.8.